The molecule has 0 aliphatic carbocycles. The Kier molecular flexibility index (Phi) is 3.96. The number of benzene rings is 2. The van der Waals surface area contributed by atoms with Crippen molar-refractivity contribution in [2.75, 3.05) is 10.5 Å². The van der Waals surface area contributed by atoms with Gasteiger partial charge < -0.3 is 5.73 Å². The van der Waals surface area contributed by atoms with Crippen molar-refractivity contribution in [3.05, 3.63) is 52.5 Å². The minimum absolute atomic E-state index is 0.257. The van der Waals surface area contributed by atoms with E-state index in [-0.39, 0.29) is 11.4 Å². The van der Waals surface area contributed by atoms with E-state index >= 15 is 0 Å². The van der Waals surface area contributed by atoms with Gasteiger partial charge in [0, 0.05) is 4.47 Å². The molecular weight excluding hydrogens is 354 g/mol. The van der Waals surface area contributed by atoms with Crippen molar-refractivity contribution in [3.63, 3.8) is 0 Å². The van der Waals surface area contributed by atoms with E-state index in [0.29, 0.717) is 4.47 Å². The third-order valence-electron chi connectivity index (χ3n) is 2.44. The van der Waals surface area contributed by atoms with Gasteiger partial charge in [0.25, 0.3) is 10.0 Å². The van der Waals surface area contributed by atoms with Crippen LogP contribution < -0.4 is 10.5 Å². The van der Waals surface area contributed by atoms with Gasteiger partial charge in [0.05, 0.1) is 11.4 Å². The molecule has 0 spiro atoms. The Labute approximate surface area is 122 Å². The first-order valence-electron chi connectivity index (χ1n) is 5.33. The van der Waals surface area contributed by atoms with Gasteiger partial charge in [-0.05, 0) is 30.3 Å². The van der Waals surface area contributed by atoms with Crippen molar-refractivity contribution in [2.45, 2.75) is 4.90 Å². The normalized spacial score (nSPS) is 11.3. The SMILES string of the molecule is Nc1cccc(F)c1S(=O)(=O)Nc1cc(Br)ccc1F. The van der Waals surface area contributed by atoms with Crippen LogP contribution in [0.15, 0.2) is 45.8 Å². The van der Waals surface area contributed by atoms with Crippen molar-refractivity contribution < 1.29 is 17.2 Å². The summed E-state index contributed by atoms with van der Waals surface area (Å²) >= 11 is 3.09. The van der Waals surface area contributed by atoms with E-state index in [1.807, 2.05) is 4.72 Å². The van der Waals surface area contributed by atoms with Crippen molar-refractivity contribution in [1.29, 1.82) is 0 Å². The maximum Gasteiger partial charge on any atom is 0.266 e. The molecule has 0 unspecified atom stereocenters. The van der Waals surface area contributed by atoms with Gasteiger partial charge in [0.1, 0.15) is 16.5 Å². The van der Waals surface area contributed by atoms with E-state index in [1.54, 1.807) is 0 Å². The summed E-state index contributed by atoms with van der Waals surface area (Å²) in [5.41, 5.74) is 4.91. The molecule has 0 amide bonds. The molecule has 0 heterocycles. The molecule has 0 aliphatic rings. The van der Waals surface area contributed by atoms with Gasteiger partial charge in [-0.2, -0.15) is 0 Å². The Morgan fingerprint density at radius 2 is 1.80 bits per heavy atom. The summed E-state index contributed by atoms with van der Waals surface area (Å²) in [6.07, 6.45) is 0. The Morgan fingerprint density at radius 1 is 1.10 bits per heavy atom. The van der Waals surface area contributed by atoms with Crippen LogP contribution in [0.2, 0.25) is 0 Å². The number of nitrogens with two attached hydrogens (primary N) is 1. The lowest BCUT2D eigenvalue weighted by molar-refractivity contribution is 0.571. The molecule has 0 aromatic heterocycles. The van der Waals surface area contributed by atoms with Crippen LogP contribution in [-0.2, 0) is 10.0 Å². The number of nitrogens with one attached hydrogen (secondary N) is 1. The second-order valence-corrected chi connectivity index (χ2v) is 6.42. The van der Waals surface area contributed by atoms with Gasteiger partial charge in [-0.25, -0.2) is 17.2 Å². The second-order valence-electron chi connectivity index (χ2n) is 3.89. The van der Waals surface area contributed by atoms with Gasteiger partial charge >= 0.3 is 0 Å². The van der Waals surface area contributed by atoms with Gasteiger partial charge in [0.2, 0.25) is 0 Å². The highest BCUT2D eigenvalue weighted by atomic mass is 79.9. The fraction of sp³-hybridized carbons (Fsp3) is 0. The van der Waals surface area contributed by atoms with Crippen LogP contribution in [-0.4, -0.2) is 8.42 Å². The van der Waals surface area contributed by atoms with E-state index in [2.05, 4.69) is 15.9 Å². The largest absolute Gasteiger partial charge is 0.398 e. The summed E-state index contributed by atoms with van der Waals surface area (Å²) in [6, 6.07) is 7.20. The van der Waals surface area contributed by atoms with E-state index in [9.17, 15) is 17.2 Å². The Balaban J connectivity index is 2.49. The van der Waals surface area contributed by atoms with Crippen LogP contribution in [0.3, 0.4) is 0 Å². The van der Waals surface area contributed by atoms with Crippen LogP contribution in [0, 0.1) is 11.6 Å². The molecule has 106 valence electrons. The van der Waals surface area contributed by atoms with E-state index in [4.69, 9.17) is 5.73 Å². The molecule has 0 aliphatic heterocycles. The molecule has 8 heteroatoms. The summed E-state index contributed by atoms with van der Waals surface area (Å²) < 4.78 is 53.8. The zero-order chi connectivity index (χ0) is 14.9. The third-order valence-corrected chi connectivity index (χ3v) is 4.39. The van der Waals surface area contributed by atoms with Gasteiger partial charge in [-0.15, -0.1) is 0 Å². The summed E-state index contributed by atoms with van der Waals surface area (Å²) in [6.45, 7) is 0. The summed E-state index contributed by atoms with van der Waals surface area (Å²) in [5, 5.41) is 0. The minimum atomic E-state index is -4.32. The highest BCUT2D eigenvalue weighted by Crippen LogP contribution is 2.27. The zero-order valence-corrected chi connectivity index (χ0v) is 12.3. The first kappa shape index (κ1) is 14.7. The van der Waals surface area contributed by atoms with Crippen molar-refractivity contribution >= 4 is 37.3 Å². The summed E-state index contributed by atoms with van der Waals surface area (Å²) in [7, 11) is -4.32. The first-order chi connectivity index (χ1) is 9.31. The predicted octanol–water partition coefficient (Wildman–Crippen LogP) is 3.11. The van der Waals surface area contributed by atoms with E-state index in [0.717, 1.165) is 12.1 Å². The molecule has 0 atom stereocenters. The molecule has 0 radical (unpaired) electrons. The number of sulfonamides is 1. The van der Waals surface area contributed by atoms with Crippen LogP contribution in [0.5, 0.6) is 0 Å². The highest BCUT2D eigenvalue weighted by molar-refractivity contribution is 9.10. The number of halogens is 3. The molecule has 0 saturated heterocycles. The Morgan fingerprint density at radius 3 is 2.45 bits per heavy atom. The van der Waals surface area contributed by atoms with Crippen LogP contribution >= 0.6 is 15.9 Å². The Bertz CT molecular complexity index is 746. The first-order valence-corrected chi connectivity index (χ1v) is 7.61. The lowest BCUT2D eigenvalue weighted by atomic mass is 10.3. The monoisotopic (exact) mass is 362 g/mol. The zero-order valence-electron chi connectivity index (χ0n) is 9.90. The fourth-order valence-electron chi connectivity index (χ4n) is 1.58. The maximum atomic E-state index is 13.6. The van der Waals surface area contributed by atoms with E-state index in [1.165, 1.54) is 24.3 Å². The summed E-state index contributed by atoms with van der Waals surface area (Å²) in [5.74, 6) is -1.79. The number of hydrogen-bond acceptors (Lipinski definition) is 3. The average Bonchev–Trinajstić information content (AvgIpc) is 2.33. The lowest BCUT2D eigenvalue weighted by Gasteiger charge is -2.11. The van der Waals surface area contributed by atoms with E-state index < -0.39 is 26.6 Å². The number of hydrogen-bond donors (Lipinski definition) is 2. The molecule has 20 heavy (non-hydrogen) atoms. The number of anilines is 2. The molecule has 0 fully saturated rings. The molecule has 4 nitrogen and oxygen atoms in total. The average molecular weight is 363 g/mol. The quantitative estimate of drug-likeness (QED) is 0.824. The number of rotatable bonds is 3. The molecule has 2 aromatic carbocycles. The standard InChI is InChI=1S/C12H9BrF2N2O2S/c13-7-4-5-8(14)11(6-7)17-20(18,19)12-9(15)2-1-3-10(12)16/h1-6,17H,16H2. The molecular formula is C12H9BrF2N2O2S. The predicted molar refractivity (Wildman–Crippen MR) is 75.7 cm³/mol. The highest BCUT2D eigenvalue weighted by Gasteiger charge is 2.23. The van der Waals surface area contributed by atoms with Crippen molar-refractivity contribution in [1.82, 2.24) is 0 Å². The lowest BCUT2D eigenvalue weighted by Crippen LogP contribution is -2.17. The van der Waals surface area contributed by atoms with Gasteiger partial charge in [0.15, 0.2) is 0 Å². The van der Waals surface area contributed by atoms with Crippen LogP contribution in [0.25, 0.3) is 0 Å². The summed E-state index contributed by atoms with van der Waals surface area (Å²) in [4.78, 5) is -0.709. The minimum Gasteiger partial charge on any atom is -0.398 e. The van der Waals surface area contributed by atoms with Crippen LogP contribution in [0.4, 0.5) is 20.2 Å². The second kappa shape index (κ2) is 5.37. The van der Waals surface area contributed by atoms with Gasteiger partial charge in [-0.3, -0.25) is 4.72 Å². The molecule has 0 saturated carbocycles. The molecule has 3 N–H and O–H groups in total. The van der Waals surface area contributed by atoms with Crippen molar-refractivity contribution in [2.24, 2.45) is 0 Å². The van der Waals surface area contributed by atoms with Crippen molar-refractivity contribution in [3.8, 4) is 0 Å². The molecule has 2 rings (SSSR count). The topological polar surface area (TPSA) is 72.2 Å². The molecule has 2 aromatic rings. The van der Waals surface area contributed by atoms with Crippen LogP contribution in [0.1, 0.15) is 0 Å². The van der Waals surface area contributed by atoms with Gasteiger partial charge in [-0.1, -0.05) is 22.0 Å². The Hall–Kier alpha value is -1.67. The molecule has 0 bridgehead atoms. The fourth-order valence-corrected chi connectivity index (χ4v) is 3.19. The third kappa shape index (κ3) is 2.91. The smallest absolute Gasteiger partial charge is 0.266 e. The maximum absolute atomic E-state index is 13.6. The number of nitrogen functional groups attached to an aromatic ring is 1.